The summed E-state index contributed by atoms with van der Waals surface area (Å²) in [6, 6.07) is 8.16. The lowest BCUT2D eigenvalue weighted by Gasteiger charge is -2.10. The molecule has 2 rings (SSSR count). The Kier molecular flexibility index (Phi) is 5.87. The number of allylic oxidation sites excluding steroid dienone is 1. The molecule has 0 heterocycles. The number of phenols is 1. The normalized spacial score (nSPS) is 10.7. The van der Waals surface area contributed by atoms with Crippen molar-refractivity contribution in [2.75, 3.05) is 21.3 Å². The van der Waals surface area contributed by atoms with Crippen molar-refractivity contribution >= 4 is 27.8 Å². The fourth-order valence-electron chi connectivity index (χ4n) is 2.20. The highest BCUT2D eigenvalue weighted by Crippen LogP contribution is 2.34. The van der Waals surface area contributed by atoms with E-state index in [1.54, 1.807) is 44.6 Å². The van der Waals surface area contributed by atoms with Crippen LogP contribution in [0, 0.1) is 0 Å². The summed E-state index contributed by atoms with van der Waals surface area (Å²) in [6.45, 7) is 0. The zero-order valence-corrected chi connectivity index (χ0v) is 15.1. The van der Waals surface area contributed by atoms with Crippen LogP contribution in [0.25, 0.3) is 6.08 Å². The van der Waals surface area contributed by atoms with Crippen molar-refractivity contribution in [3.8, 4) is 23.0 Å². The Morgan fingerprint density at radius 2 is 1.71 bits per heavy atom. The summed E-state index contributed by atoms with van der Waals surface area (Å²) in [5, 5.41) is 9.92. The maximum Gasteiger partial charge on any atom is 0.193 e. The minimum Gasteiger partial charge on any atom is -0.507 e. The number of ether oxygens (including phenoxy) is 3. The number of methoxy groups -OCH3 is 3. The van der Waals surface area contributed by atoms with E-state index in [0.29, 0.717) is 22.8 Å². The fraction of sp³-hybridized carbons (Fsp3) is 0.167. The SMILES string of the molecule is COc1cc(/C=C/C(=O)c2c(O)cccc2OC)c(OC)cc1Br. The highest BCUT2D eigenvalue weighted by atomic mass is 79.9. The van der Waals surface area contributed by atoms with Gasteiger partial charge in [-0.25, -0.2) is 0 Å². The zero-order chi connectivity index (χ0) is 17.7. The molecule has 0 bridgehead atoms. The first-order valence-corrected chi connectivity index (χ1v) is 7.81. The van der Waals surface area contributed by atoms with Gasteiger partial charge >= 0.3 is 0 Å². The summed E-state index contributed by atoms with van der Waals surface area (Å²) in [7, 11) is 4.54. The number of carbonyl (C=O) groups excluding carboxylic acids is 1. The van der Waals surface area contributed by atoms with Crippen LogP contribution in [0.2, 0.25) is 0 Å². The Balaban J connectivity index is 2.40. The van der Waals surface area contributed by atoms with Crippen LogP contribution in [-0.4, -0.2) is 32.2 Å². The number of phenolic OH excluding ortho intramolecular Hbond substituents is 1. The first-order chi connectivity index (χ1) is 11.5. The predicted octanol–water partition coefficient (Wildman–Crippen LogP) is 4.08. The van der Waals surface area contributed by atoms with Crippen molar-refractivity contribution in [3.05, 3.63) is 52.0 Å². The molecule has 1 N–H and O–H groups in total. The maximum absolute atomic E-state index is 12.4. The first-order valence-electron chi connectivity index (χ1n) is 7.01. The minimum atomic E-state index is -0.381. The van der Waals surface area contributed by atoms with Crippen LogP contribution in [0.1, 0.15) is 15.9 Å². The molecule has 5 nitrogen and oxygen atoms in total. The highest BCUT2D eigenvalue weighted by Gasteiger charge is 2.15. The summed E-state index contributed by atoms with van der Waals surface area (Å²) in [5.74, 6) is 0.988. The van der Waals surface area contributed by atoms with Gasteiger partial charge in [0.15, 0.2) is 5.78 Å². The second-order valence-corrected chi connectivity index (χ2v) is 5.64. The average Bonchev–Trinajstić information content (AvgIpc) is 2.59. The topological polar surface area (TPSA) is 65.0 Å². The van der Waals surface area contributed by atoms with Crippen LogP contribution in [0.5, 0.6) is 23.0 Å². The zero-order valence-electron chi connectivity index (χ0n) is 13.5. The standard InChI is InChI=1S/C18H17BrO5/c1-22-15-6-4-5-13(20)18(15)14(21)8-7-11-9-17(24-3)12(19)10-16(11)23-2/h4-10,20H,1-3H3/b8-7+. The van der Waals surface area contributed by atoms with E-state index < -0.39 is 0 Å². The molecule has 0 radical (unpaired) electrons. The lowest BCUT2D eigenvalue weighted by Crippen LogP contribution is -1.99. The van der Waals surface area contributed by atoms with Crippen molar-refractivity contribution in [2.24, 2.45) is 0 Å². The van der Waals surface area contributed by atoms with Crippen LogP contribution in [-0.2, 0) is 0 Å². The van der Waals surface area contributed by atoms with Gasteiger partial charge in [-0.15, -0.1) is 0 Å². The van der Waals surface area contributed by atoms with Gasteiger partial charge in [-0.1, -0.05) is 6.07 Å². The summed E-state index contributed by atoms with van der Waals surface area (Å²) in [5.41, 5.74) is 0.777. The minimum absolute atomic E-state index is 0.110. The van der Waals surface area contributed by atoms with Crippen molar-refractivity contribution < 1.29 is 24.1 Å². The largest absolute Gasteiger partial charge is 0.507 e. The van der Waals surface area contributed by atoms with Crippen LogP contribution in [0.15, 0.2) is 40.9 Å². The molecule has 24 heavy (non-hydrogen) atoms. The first kappa shape index (κ1) is 17.9. The Labute approximate surface area is 148 Å². The Morgan fingerprint density at radius 3 is 2.33 bits per heavy atom. The smallest absolute Gasteiger partial charge is 0.193 e. The maximum atomic E-state index is 12.4. The highest BCUT2D eigenvalue weighted by molar-refractivity contribution is 9.10. The molecule has 0 saturated carbocycles. The van der Waals surface area contributed by atoms with E-state index >= 15 is 0 Å². The summed E-state index contributed by atoms with van der Waals surface area (Å²) in [6.07, 6.45) is 2.95. The molecular weight excluding hydrogens is 376 g/mol. The van der Waals surface area contributed by atoms with E-state index in [2.05, 4.69) is 15.9 Å². The molecule has 0 amide bonds. The van der Waals surface area contributed by atoms with E-state index in [4.69, 9.17) is 14.2 Å². The quantitative estimate of drug-likeness (QED) is 0.592. The van der Waals surface area contributed by atoms with Crippen molar-refractivity contribution in [1.82, 2.24) is 0 Å². The third kappa shape index (κ3) is 3.71. The number of hydrogen-bond donors (Lipinski definition) is 1. The fourth-order valence-corrected chi connectivity index (χ4v) is 2.68. The third-order valence-electron chi connectivity index (χ3n) is 3.39. The number of halogens is 1. The van der Waals surface area contributed by atoms with Crippen LogP contribution < -0.4 is 14.2 Å². The van der Waals surface area contributed by atoms with Crippen LogP contribution in [0.4, 0.5) is 0 Å². The number of aromatic hydroxyl groups is 1. The molecule has 0 aliphatic rings. The Hall–Kier alpha value is -2.47. The number of carbonyl (C=O) groups is 1. The molecule has 6 heteroatoms. The Morgan fingerprint density at radius 1 is 1.04 bits per heavy atom. The van der Waals surface area contributed by atoms with Crippen LogP contribution in [0.3, 0.4) is 0 Å². The van der Waals surface area contributed by atoms with Gasteiger partial charge in [-0.05, 0) is 52.3 Å². The summed E-state index contributed by atoms with van der Waals surface area (Å²) in [4.78, 5) is 12.4. The second kappa shape index (κ2) is 7.88. The van der Waals surface area contributed by atoms with Crippen LogP contribution >= 0.6 is 15.9 Å². The molecule has 0 fully saturated rings. The molecular formula is C18H17BrO5. The summed E-state index contributed by atoms with van der Waals surface area (Å²) >= 11 is 3.38. The van der Waals surface area contributed by atoms with Crippen molar-refractivity contribution in [3.63, 3.8) is 0 Å². The lowest BCUT2D eigenvalue weighted by molar-refractivity contribution is 0.104. The molecule has 0 aliphatic heterocycles. The molecule has 0 aliphatic carbocycles. The number of hydrogen-bond acceptors (Lipinski definition) is 5. The average molecular weight is 393 g/mol. The number of rotatable bonds is 6. The molecule has 126 valence electrons. The van der Waals surface area contributed by atoms with Gasteiger partial charge < -0.3 is 19.3 Å². The predicted molar refractivity (Wildman–Crippen MR) is 95.3 cm³/mol. The van der Waals surface area contributed by atoms with E-state index in [0.717, 1.165) is 4.47 Å². The monoisotopic (exact) mass is 392 g/mol. The van der Waals surface area contributed by atoms with Crippen molar-refractivity contribution in [2.45, 2.75) is 0 Å². The summed E-state index contributed by atoms with van der Waals surface area (Å²) < 4.78 is 16.4. The molecule has 2 aromatic rings. The van der Waals surface area contributed by atoms with E-state index in [1.165, 1.54) is 19.3 Å². The van der Waals surface area contributed by atoms with Gasteiger partial charge in [-0.3, -0.25) is 4.79 Å². The van der Waals surface area contributed by atoms with E-state index in [9.17, 15) is 9.90 Å². The molecule has 0 unspecified atom stereocenters. The van der Waals surface area contributed by atoms with E-state index in [1.807, 2.05) is 0 Å². The van der Waals surface area contributed by atoms with Gasteiger partial charge in [0.2, 0.25) is 0 Å². The number of ketones is 1. The van der Waals surface area contributed by atoms with Gasteiger partial charge in [0.1, 0.15) is 28.6 Å². The number of benzene rings is 2. The lowest BCUT2D eigenvalue weighted by atomic mass is 10.1. The van der Waals surface area contributed by atoms with Crippen molar-refractivity contribution in [1.29, 1.82) is 0 Å². The second-order valence-electron chi connectivity index (χ2n) is 4.78. The van der Waals surface area contributed by atoms with Gasteiger partial charge in [0.05, 0.1) is 25.8 Å². The van der Waals surface area contributed by atoms with Gasteiger partial charge in [-0.2, -0.15) is 0 Å². The van der Waals surface area contributed by atoms with E-state index in [-0.39, 0.29) is 17.1 Å². The molecule has 0 aromatic heterocycles. The molecule has 2 aromatic carbocycles. The third-order valence-corrected chi connectivity index (χ3v) is 4.01. The van der Waals surface area contributed by atoms with Gasteiger partial charge in [0.25, 0.3) is 0 Å². The molecule has 0 saturated heterocycles. The molecule has 0 atom stereocenters. The molecule has 0 spiro atoms. The Bertz CT molecular complexity index is 783. The van der Waals surface area contributed by atoms with Gasteiger partial charge in [0, 0.05) is 5.56 Å².